The molecule has 120 valence electrons. The molecule has 0 spiro atoms. The molecule has 0 saturated carbocycles. The molecule has 0 radical (unpaired) electrons. The quantitative estimate of drug-likeness (QED) is 0.873. The topological polar surface area (TPSA) is 26.7 Å². The highest BCUT2D eigenvalue weighted by Crippen LogP contribution is 2.11. The Bertz CT molecular complexity index is 356. The van der Waals surface area contributed by atoms with Crippen molar-refractivity contribution < 1.29 is 5.11 Å². The van der Waals surface area contributed by atoms with E-state index < -0.39 is 0 Å². The van der Waals surface area contributed by atoms with Crippen molar-refractivity contribution >= 4 is 0 Å². The summed E-state index contributed by atoms with van der Waals surface area (Å²) in [4.78, 5) is 4.84. The Hall–Kier alpha value is -0.900. The fourth-order valence-corrected chi connectivity index (χ4v) is 2.67. The Kier molecular flexibility index (Phi) is 9.31. The van der Waals surface area contributed by atoms with Crippen LogP contribution in [0.5, 0.6) is 0 Å². The molecule has 3 heteroatoms. The number of hydrogen-bond donors (Lipinski definition) is 1. The van der Waals surface area contributed by atoms with Gasteiger partial charge >= 0.3 is 0 Å². The number of aliphatic hydroxyl groups excluding tert-OH is 1. The molecule has 1 N–H and O–H groups in total. The standard InChI is InChI=1S/C16H26N2O.C2H6/c1-2-3-15-4-6-16(7-5-15)14-18-10-8-17(9-11-18)12-13-19;1-2/h4-7,19H,2-3,8-14H2,1H3;1-2H3. The zero-order valence-electron chi connectivity index (χ0n) is 14.0. The van der Waals surface area contributed by atoms with Crippen molar-refractivity contribution in [2.45, 2.75) is 40.2 Å². The van der Waals surface area contributed by atoms with Crippen molar-refractivity contribution in [2.75, 3.05) is 39.3 Å². The van der Waals surface area contributed by atoms with Gasteiger partial charge in [0.05, 0.1) is 6.61 Å². The SMILES string of the molecule is CC.CCCc1ccc(CN2CCN(CCO)CC2)cc1. The molecular formula is C18H32N2O. The van der Waals surface area contributed by atoms with E-state index in [-0.39, 0.29) is 6.61 Å². The van der Waals surface area contributed by atoms with Crippen LogP contribution in [-0.2, 0) is 13.0 Å². The summed E-state index contributed by atoms with van der Waals surface area (Å²) in [5, 5.41) is 8.93. The Labute approximate surface area is 130 Å². The van der Waals surface area contributed by atoms with Gasteiger partial charge in [-0.05, 0) is 17.5 Å². The summed E-state index contributed by atoms with van der Waals surface area (Å²) in [7, 11) is 0. The number of hydrogen-bond acceptors (Lipinski definition) is 3. The van der Waals surface area contributed by atoms with E-state index in [0.29, 0.717) is 0 Å². The second kappa shape index (κ2) is 10.8. The molecule has 1 heterocycles. The lowest BCUT2D eigenvalue weighted by Crippen LogP contribution is -2.46. The van der Waals surface area contributed by atoms with Gasteiger partial charge in [-0.3, -0.25) is 9.80 Å². The molecule has 0 atom stereocenters. The van der Waals surface area contributed by atoms with Gasteiger partial charge in [0.1, 0.15) is 0 Å². The van der Waals surface area contributed by atoms with Crippen molar-refractivity contribution in [3.05, 3.63) is 35.4 Å². The second-order valence-electron chi connectivity index (χ2n) is 5.41. The van der Waals surface area contributed by atoms with Crippen LogP contribution >= 0.6 is 0 Å². The molecule has 1 fully saturated rings. The molecule has 1 aromatic rings. The van der Waals surface area contributed by atoms with Gasteiger partial charge < -0.3 is 5.11 Å². The average Bonchev–Trinajstić information content (AvgIpc) is 2.54. The fraction of sp³-hybridized carbons (Fsp3) is 0.667. The Morgan fingerprint density at radius 2 is 1.43 bits per heavy atom. The molecule has 1 saturated heterocycles. The predicted molar refractivity (Wildman–Crippen MR) is 90.6 cm³/mol. The summed E-state index contributed by atoms with van der Waals surface area (Å²) in [5.74, 6) is 0. The molecule has 0 bridgehead atoms. The monoisotopic (exact) mass is 292 g/mol. The molecule has 1 aromatic carbocycles. The van der Waals surface area contributed by atoms with Gasteiger partial charge in [-0.25, -0.2) is 0 Å². The van der Waals surface area contributed by atoms with Gasteiger partial charge in [0, 0.05) is 39.3 Å². The second-order valence-corrected chi connectivity index (χ2v) is 5.41. The fourth-order valence-electron chi connectivity index (χ4n) is 2.67. The lowest BCUT2D eigenvalue weighted by Gasteiger charge is -2.34. The molecule has 21 heavy (non-hydrogen) atoms. The summed E-state index contributed by atoms with van der Waals surface area (Å²) < 4.78 is 0. The van der Waals surface area contributed by atoms with Crippen LogP contribution in [0.2, 0.25) is 0 Å². The molecule has 1 aliphatic heterocycles. The van der Waals surface area contributed by atoms with E-state index in [1.54, 1.807) is 0 Å². The first-order chi connectivity index (χ1) is 10.3. The van der Waals surface area contributed by atoms with Gasteiger partial charge in [-0.2, -0.15) is 0 Å². The summed E-state index contributed by atoms with van der Waals surface area (Å²) in [5.41, 5.74) is 2.86. The largest absolute Gasteiger partial charge is 0.395 e. The maximum absolute atomic E-state index is 8.93. The van der Waals surface area contributed by atoms with Crippen LogP contribution in [-0.4, -0.2) is 54.2 Å². The van der Waals surface area contributed by atoms with Crippen molar-refractivity contribution in [1.29, 1.82) is 0 Å². The summed E-state index contributed by atoms with van der Waals surface area (Å²) in [6.45, 7) is 12.7. The number of piperazine rings is 1. The van der Waals surface area contributed by atoms with Crippen LogP contribution in [0.25, 0.3) is 0 Å². The number of benzene rings is 1. The summed E-state index contributed by atoms with van der Waals surface area (Å²) >= 11 is 0. The molecule has 2 rings (SSSR count). The molecule has 0 amide bonds. The highest BCUT2D eigenvalue weighted by atomic mass is 16.3. The number of aliphatic hydroxyl groups is 1. The van der Waals surface area contributed by atoms with Crippen molar-refractivity contribution in [1.82, 2.24) is 9.80 Å². The number of rotatable bonds is 6. The zero-order chi connectivity index (χ0) is 15.5. The predicted octanol–water partition coefficient (Wildman–Crippen LogP) is 2.78. The van der Waals surface area contributed by atoms with Crippen LogP contribution < -0.4 is 0 Å². The Morgan fingerprint density at radius 3 is 1.95 bits per heavy atom. The molecular weight excluding hydrogens is 260 g/mol. The first kappa shape index (κ1) is 18.1. The average molecular weight is 292 g/mol. The minimum absolute atomic E-state index is 0.277. The van der Waals surface area contributed by atoms with E-state index in [0.717, 1.165) is 39.3 Å². The van der Waals surface area contributed by atoms with Crippen LogP contribution in [0, 0.1) is 0 Å². The third-order valence-corrected chi connectivity index (χ3v) is 3.85. The van der Waals surface area contributed by atoms with Crippen LogP contribution in [0.3, 0.4) is 0 Å². The minimum Gasteiger partial charge on any atom is -0.395 e. The first-order valence-corrected chi connectivity index (χ1v) is 8.45. The maximum atomic E-state index is 8.93. The maximum Gasteiger partial charge on any atom is 0.0558 e. The molecule has 0 unspecified atom stereocenters. The third kappa shape index (κ3) is 6.60. The highest BCUT2D eigenvalue weighted by Gasteiger charge is 2.16. The van der Waals surface area contributed by atoms with E-state index >= 15 is 0 Å². The number of nitrogens with zero attached hydrogens (tertiary/aromatic N) is 2. The Balaban J connectivity index is 0.00000106. The van der Waals surface area contributed by atoms with E-state index in [1.165, 1.54) is 24.0 Å². The first-order valence-electron chi connectivity index (χ1n) is 8.45. The normalized spacial score (nSPS) is 16.4. The minimum atomic E-state index is 0.277. The van der Waals surface area contributed by atoms with Crippen LogP contribution in [0.1, 0.15) is 38.3 Å². The lowest BCUT2D eigenvalue weighted by atomic mass is 10.1. The van der Waals surface area contributed by atoms with Gasteiger partial charge in [0.15, 0.2) is 0 Å². The summed E-state index contributed by atoms with van der Waals surface area (Å²) in [6, 6.07) is 9.07. The van der Waals surface area contributed by atoms with Gasteiger partial charge in [0.25, 0.3) is 0 Å². The molecule has 0 aromatic heterocycles. The van der Waals surface area contributed by atoms with E-state index in [9.17, 15) is 0 Å². The van der Waals surface area contributed by atoms with E-state index in [4.69, 9.17) is 5.11 Å². The van der Waals surface area contributed by atoms with Crippen LogP contribution in [0.4, 0.5) is 0 Å². The molecule has 1 aliphatic rings. The lowest BCUT2D eigenvalue weighted by molar-refractivity contribution is 0.108. The van der Waals surface area contributed by atoms with Gasteiger partial charge in [0.2, 0.25) is 0 Å². The van der Waals surface area contributed by atoms with E-state index in [1.807, 2.05) is 13.8 Å². The number of aryl methyl sites for hydroxylation is 1. The third-order valence-electron chi connectivity index (χ3n) is 3.85. The smallest absolute Gasteiger partial charge is 0.0558 e. The van der Waals surface area contributed by atoms with Crippen molar-refractivity contribution in [3.8, 4) is 0 Å². The van der Waals surface area contributed by atoms with Crippen molar-refractivity contribution in [3.63, 3.8) is 0 Å². The number of β-amino-alcohol motifs (C(OH)–C–C–N with tert-alkyl or cyclic N) is 1. The molecule has 3 nitrogen and oxygen atoms in total. The van der Waals surface area contributed by atoms with Gasteiger partial charge in [-0.15, -0.1) is 0 Å². The van der Waals surface area contributed by atoms with E-state index in [2.05, 4.69) is 41.0 Å². The van der Waals surface area contributed by atoms with Gasteiger partial charge in [-0.1, -0.05) is 51.5 Å². The molecule has 0 aliphatic carbocycles. The highest BCUT2D eigenvalue weighted by molar-refractivity contribution is 5.22. The zero-order valence-corrected chi connectivity index (χ0v) is 14.0. The summed E-state index contributed by atoms with van der Waals surface area (Å²) in [6.07, 6.45) is 2.40. The van der Waals surface area contributed by atoms with Crippen LogP contribution in [0.15, 0.2) is 24.3 Å². The Morgan fingerprint density at radius 1 is 0.905 bits per heavy atom. The van der Waals surface area contributed by atoms with Crippen molar-refractivity contribution in [2.24, 2.45) is 0 Å².